The standard InChI is InChI=1S/C14H22N2O3S/c1-16(2)20(17,18)14-7-5-13(6-8-14)15-12-4-3-10-19-11-9-12/h5-8,12,15H,3-4,9-11H2,1-2H3. The number of anilines is 1. The predicted molar refractivity (Wildman–Crippen MR) is 79.4 cm³/mol. The predicted octanol–water partition coefficient (Wildman–Crippen LogP) is 1.92. The molecule has 6 heteroatoms. The second-order valence-electron chi connectivity index (χ2n) is 5.20. The van der Waals surface area contributed by atoms with Crippen molar-refractivity contribution in [2.24, 2.45) is 0 Å². The minimum atomic E-state index is -3.35. The lowest BCUT2D eigenvalue weighted by atomic mass is 10.1. The molecule has 0 radical (unpaired) electrons. The van der Waals surface area contributed by atoms with Gasteiger partial charge in [0.15, 0.2) is 0 Å². The first kappa shape index (κ1) is 15.3. The molecule has 5 nitrogen and oxygen atoms in total. The Morgan fingerprint density at radius 1 is 1.15 bits per heavy atom. The molecule has 1 saturated heterocycles. The maximum Gasteiger partial charge on any atom is 0.242 e. The molecule has 1 heterocycles. The normalized spacial score (nSPS) is 20.6. The van der Waals surface area contributed by atoms with E-state index in [1.54, 1.807) is 12.1 Å². The molecule has 1 aromatic rings. The lowest BCUT2D eigenvalue weighted by Crippen LogP contribution is -2.22. The second-order valence-corrected chi connectivity index (χ2v) is 7.35. The fourth-order valence-electron chi connectivity index (χ4n) is 2.22. The Balaban J connectivity index is 2.05. The number of sulfonamides is 1. The van der Waals surface area contributed by atoms with Gasteiger partial charge in [0.25, 0.3) is 0 Å². The van der Waals surface area contributed by atoms with Gasteiger partial charge in [0.1, 0.15) is 0 Å². The summed E-state index contributed by atoms with van der Waals surface area (Å²) in [4.78, 5) is 0.317. The van der Waals surface area contributed by atoms with Gasteiger partial charge in [0, 0.05) is 39.0 Å². The smallest absolute Gasteiger partial charge is 0.242 e. The zero-order chi connectivity index (χ0) is 14.6. The van der Waals surface area contributed by atoms with E-state index in [0.717, 1.165) is 38.2 Å². The van der Waals surface area contributed by atoms with Gasteiger partial charge in [-0.05, 0) is 43.5 Å². The van der Waals surface area contributed by atoms with Gasteiger partial charge in [0.05, 0.1) is 4.90 Å². The summed E-state index contributed by atoms with van der Waals surface area (Å²) in [6.07, 6.45) is 3.13. The minimum absolute atomic E-state index is 0.317. The van der Waals surface area contributed by atoms with Crippen molar-refractivity contribution < 1.29 is 13.2 Å². The Hall–Kier alpha value is -1.11. The van der Waals surface area contributed by atoms with Crippen LogP contribution < -0.4 is 5.32 Å². The van der Waals surface area contributed by atoms with Crippen LogP contribution in [0.3, 0.4) is 0 Å². The number of hydrogen-bond donors (Lipinski definition) is 1. The first-order valence-electron chi connectivity index (χ1n) is 6.87. The van der Waals surface area contributed by atoms with Crippen LogP contribution in [0.4, 0.5) is 5.69 Å². The van der Waals surface area contributed by atoms with E-state index in [0.29, 0.717) is 10.9 Å². The summed E-state index contributed by atoms with van der Waals surface area (Å²) in [5.41, 5.74) is 0.953. The van der Waals surface area contributed by atoms with Gasteiger partial charge in [-0.1, -0.05) is 0 Å². The SMILES string of the molecule is CN(C)S(=O)(=O)c1ccc(NC2CCCOCC2)cc1. The van der Waals surface area contributed by atoms with Crippen LogP contribution >= 0.6 is 0 Å². The quantitative estimate of drug-likeness (QED) is 0.922. The molecule has 1 aliphatic rings. The van der Waals surface area contributed by atoms with Crippen LogP contribution in [-0.2, 0) is 14.8 Å². The highest BCUT2D eigenvalue weighted by atomic mass is 32.2. The average Bonchev–Trinajstić information content (AvgIpc) is 2.68. The van der Waals surface area contributed by atoms with Crippen molar-refractivity contribution in [2.75, 3.05) is 32.6 Å². The van der Waals surface area contributed by atoms with E-state index in [-0.39, 0.29) is 0 Å². The molecule has 2 rings (SSSR count). The second kappa shape index (κ2) is 6.56. The molecule has 1 aromatic carbocycles. The third kappa shape index (κ3) is 3.71. The highest BCUT2D eigenvalue weighted by molar-refractivity contribution is 7.89. The Labute approximate surface area is 121 Å². The van der Waals surface area contributed by atoms with Crippen LogP contribution in [-0.4, -0.2) is 46.1 Å². The van der Waals surface area contributed by atoms with E-state index in [9.17, 15) is 8.42 Å². The van der Waals surface area contributed by atoms with Crippen LogP contribution in [0.2, 0.25) is 0 Å². The van der Waals surface area contributed by atoms with Crippen molar-refractivity contribution >= 4 is 15.7 Å². The number of rotatable bonds is 4. The molecule has 0 bridgehead atoms. The van der Waals surface area contributed by atoms with Gasteiger partial charge in [0.2, 0.25) is 10.0 Å². The van der Waals surface area contributed by atoms with Crippen molar-refractivity contribution in [3.63, 3.8) is 0 Å². The van der Waals surface area contributed by atoms with Gasteiger partial charge < -0.3 is 10.1 Å². The highest BCUT2D eigenvalue weighted by Gasteiger charge is 2.17. The van der Waals surface area contributed by atoms with E-state index in [1.807, 2.05) is 12.1 Å². The molecular formula is C14H22N2O3S. The summed E-state index contributed by atoms with van der Waals surface area (Å²) in [6, 6.07) is 7.33. The van der Waals surface area contributed by atoms with E-state index in [2.05, 4.69) is 5.32 Å². The molecule has 1 fully saturated rings. The molecule has 20 heavy (non-hydrogen) atoms. The molecule has 0 amide bonds. The monoisotopic (exact) mass is 298 g/mol. The van der Waals surface area contributed by atoms with Crippen LogP contribution in [0.5, 0.6) is 0 Å². The summed E-state index contributed by atoms with van der Waals surface area (Å²) >= 11 is 0. The number of nitrogens with zero attached hydrogens (tertiary/aromatic N) is 1. The van der Waals surface area contributed by atoms with Crippen molar-refractivity contribution in [1.29, 1.82) is 0 Å². The average molecular weight is 298 g/mol. The van der Waals surface area contributed by atoms with Gasteiger partial charge in [-0.15, -0.1) is 0 Å². The van der Waals surface area contributed by atoms with E-state index in [4.69, 9.17) is 4.74 Å². The van der Waals surface area contributed by atoms with E-state index < -0.39 is 10.0 Å². The lowest BCUT2D eigenvalue weighted by molar-refractivity contribution is 0.144. The molecule has 0 aliphatic carbocycles. The summed E-state index contributed by atoms with van der Waals surface area (Å²) in [6.45, 7) is 1.61. The molecule has 0 aromatic heterocycles. The van der Waals surface area contributed by atoms with Crippen molar-refractivity contribution in [2.45, 2.75) is 30.2 Å². The highest BCUT2D eigenvalue weighted by Crippen LogP contribution is 2.19. The third-order valence-electron chi connectivity index (χ3n) is 3.46. The number of hydrogen-bond acceptors (Lipinski definition) is 4. The Bertz CT molecular complexity index is 518. The largest absolute Gasteiger partial charge is 0.382 e. The molecule has 1 unspecified atom stereocenters. The summed E-state index contributed by atoms with van der Waals surface area (Å²) in [5, 5.41) is 3.44. The van der Waals surface area contributed by atoms with Crippen LogP contribution in [0.15, 0.2) is 29.2 Å². The molecule has 1 atom stereocenters. The first-order valence-corrected chi connectivity index (χ1v) is 8.31. The zero-order valence-electron chi connectivity index (χ0n) is 12.0. The maximum absolute atomic E-state index is 12.0. The fraction of sp³-hybridized carbons (Fsp3) is 0.571. The van der Waals surface area contributed by atoms with E-state index in [1.165, 1.54) is 18.4 Å². The Kier molecular flexibility index (Phi) is 5.01. The number of nitrogens with one attached hydrogen (secondary N) is 1. The zero-order valence-corrected chi connectivity index (χ0v) is 12.8. The number of benzene rings is 1. The maximum atomic E-state index is 12.0. The van der Waals surface area contributed by atoms with E-state index >= 15 is 0 Å². The number of ether oxygens (including phenoxy) is 1. The molecule has 1 N–H and O–H groups in total. The van der Waals surface area contributed by atoms with Gasteiger partial charge in [-0.2, -0.15) is 0 Å². The summed E-state index contributed by atoms with van der Waals surface area (Å²) in [5.74, 6) is 0. The Morgan fingerprint density at radius 3 is 2.50 bits per heavy atom. The van der Waals surface area contributed by atoms with Crippen LogP contribution in [0.25, 0.3) is 0 Å². The summed E-state index contributed by atoms with van der Waals surface area (Å²) in [7, 11) is -0.278. The third-order valence-corrected chi connectivity index (χ3v) is 5.28. The molecular weight excluding hydrogens is 276 g/mol. The Morgan fingerprint density at radius 2 is 1.85 bits per heavy atom. The minimum Gasteiger partial charge on any atom is -0.382 e. The van der Waals surface area contributed by atoms with Crippen molar-refractivity contribution in [1.82, 2.24) is 4.31 Å². The lowest BCUT2D eigenvalue weighted by Gasteiger charge is -2.17. The molecule has 1 aliphatic heterocycles. The van der Waals surface area contributed by atoms with Crippen molar-refractivity contribution in [3.05, 3.63) is 24.3 Å². The van der Waals surface area contributed by atoms with Crippen molar-refractivity contribution in [3.8, 4) is 0 Å². The van der Waals surface area contributed by atoms with Gasteiger partial charge in [-0.25, -0.2) is 12.7 Å². The van der Waals surface area contributed by atoms with Crippen LogP contribution in [0.1, 0.15) is 19.3 Å². The van der Waals surface area contributed by atoms with Gasteiger partial charge >= 0.3 is 0 Å². The first-order chi connectivity index (χ1) is 9.50. The molecule has 112 valence electrons. The topological polar surface area (TPSA) is 58.6 Å². The molecule has 0 spiro atoms. The fourth-order valence-corrected chi connectivity index (χ4v) is 3.12. The summed E-state index contributed by atoms with van der Waals surface area (Å²) < 4.78 is 30.6. The van der Waals surface area contributed by atoms with Crippen LogP contribution in [0, 0.1) is 0 Å². The molecule has 0 saturated carbocycles. The van der Waals surface area contributed by atoms with Gasteiger partial charge in [-0.3, -0.25) is 0 Å².